The Morgan fingerprint density at radius 2 is 1.96 bits per heavy atom. The van der Waals surface area contributed by atoms with Gasteiger partial charge in [-0.2, -0.15) is 0 Å². The summed E-state index contributed by atoms with van der Waals surface area (Å²) in [5, 5.41) is 19.9. The molecule has 1 aromatic rings. The Morgan fingerprint density at radius 1 is 1.17 bits per heavy atom. The number of allylic oxidation sites excluding steroid dienone is 1. The summed E-state index contributed by atoms with van der Waals surface area (Å²) < 4.78 is 5.11. The van der Waals surface area contributed by atoms with Gasteiger partial charge in [-0.1, -0.05) is 30.4 Å². The van der Waals surface area contributed by atoms with Gasteiger partial charge in [-0.3, -0.25) is 4.79 Å². The molecule has 0 amide bonds. The topological polar surface area (TPSA) is 83.8 Å². The largest absolute Gasteiger partial charge is 0.507 e. The Balaban J connectivity index is 2.35. The van der Waals surface area contributed by atoms with Gasteiger partial charge in [-0.15, -0.1) is 0 Å². The monoisotopic (exact) mass is 316 g/mol. The summed E-state index contributed by atoms with van der Waals surface area (Å²) in [6, 6.07) is 3.26. The number of aromatic hydroxyl groups is 1. The molecule has 1 aliphatic rings. The van der Waals surface area contributed by atoms with Crippen LogP contribution in [0.3, 0.4) is 0 Å². The summed E-state index contributed by atoms with van der Waals surface area (Å²) in [7, 11) is 0. The van der Waals surface area contributed by atoms with E-state index in [-0.39, 0.29) is 36.5 Å². The molecule has 1 aromatic carbocycles. The van der Waals surface area contributed by atoms with E-state index in [9.17, 15) is 19.8 Å². The van der Waals surface area contributed by atoms with Gasteiger partial charge in [-0.25, -0.2) is 4.79 Å². The number of ether oxygens (including phenoxy) is 1. The number of hydrogen-bond acceptors (Lipinski definition) is 5. The lowest BCUT2D eigenvalue weighted by Gasteiger charge is -2.11. The molecule has 1 aliphatic heterocycles. The fraction of sp³-hybridized carbons (Fsp3) is 0.333. The smallest absolute Gasteiger partial charge is 0.342 e. The molecule has 5 heteroatoms. The summed E-state index contributed by atoms with van der Waals surface area (Å²) in [6.07, 6.45) is 6.33. The first-order valence-corrected chi connectivity index (χ1v) is 7.49. The van der Waals surface area contributed by atoms with Crippen molar-refractivity contribution in [1.82, 2.24) is 0 Å². The molecule has 2 rings (SSSR count). The van der Waals surface area contributed by atoms with E-state index in [1.54, 1.807) is 37.3 Å². The van der Waals surface area contributed by atoms with E-state index in [0.717, 1.165) is 5.56 Å². The number of benzene rings is 1. The van der Waals surface area contributed by atoms with Crippen molar-refractivity contribution in [3.63, 3.8) is 0 Å². The van der Waals surface area contributed by atoms with Crippen molar-refractivity contribution in [2.75, 3.05) is 6.61 Å². The van der Waals surface area contributed by atoms with Gasteiger partial charge in [0.05, 0.1) is 6.10 Å². The van der Waals surface area contributed by atoms with Crippen molar-refractivity contribution >= 4 is 17.8 Å². The minimum absolute atomic E-state index is 0.0190. The molecule has 23 heavy (non-hydrogen) atoms. The summed E-state index contributed by atoms with van der Waals surface area (Å²) in [5.74, 6) is -0.836. The van der Waals surface area contributed by atoms with E-state index < -0.39 is 12.1 Å². The highest BCUT2D eigenvalue weighted by Gasteiger charge is 2.17. The second-order valence-corrected chi connectivity index (χ2v) is 5.56. The van der Waals surface area contributed by atoms with Gasteiger partial charge in [0.15, 0.2) is 0 Å². The average Bonchev–Trinajstić information content (AvgIpc) is 2.45. The van der Waals surface area contributed by atoms with Gasteiger partial charge >= 0.3 is 5.97 Å². The van der Waals surface area contributed by atoms with Gasteiger partial charge in [0.2, 0.25) is 0 Å². The Kier molecular flexibility index (Phi) is 5.71. The summed E-state index contributed by atoms with van der Waals surface area (Å²) in [6.45, 7) is 1.83. The predicted octanol–water partition coefficient (Wildman–Crippen LogP) is 2.54. The lowest BCUT2D eigenvalue weighted by atomic mass is 10.0. The molecule has 0 aliphatic carbocycles. The van der Waals surface area contributed by atoms with E-state index >= 15 is 0 Å². The van der Waals surface area contributed by atoms with Crippen molar-refractivity contribution in [2.45, 2.75) is 32.3 Å². The summed E-state index contributed by atoms with van der Waals surface area (Å²) in [4.78, 5) is 23.8. The normalized spacial score (nSPS) is 19.8. The number of carbonyl (C=O) groups is 2. The minimum atomic E-state index is -0.760. The molecule has 5 nitrogen and oxygen atoms in total. The number of ketones is 1. The van der Waals surface area contributed by atoms with Crippen molar-refractivity contribution in [1.29, 1.82) is 0 Å². The zero-order valence-electron chi connectivity index (χ0n) is 13.0. The molecule has 2 N–H and O–H groups in total. The lowest BCUT2D eigenvalue weighted by molar-refractivity contribution is -0.120. The Labute approximate surface area is 134 Å². The first-order chi connectivity index (χ1) is 11.0. The average molecular weight is 316 g/mol. The summed E-state index contributed by atoms with van der Waals surface area (Å²) in [5.41, 5.74) is 1.42. The quantitative estimate of drug-likeness (QED) is 0.567. The summed E-state index contributed by atoms with van der Waals surface area (Å²) >= 11 is 0. The molecule has 0 bridgehead atoms. The van der Waals surface area contributed by atoms with Crippen molar-refractivity contribution < 1.29 is 24.5 Å². The highest BCUT2D eigenvalue weighted by Crippen LogP contribution is 2.26. The maximum absolute atomic E-state index is 12.2. The van der Waals surface area contributed by atoms with Gasteiger partial charge in [-0.05, 0) is 30.5 Å². The van der Waals surface area contributed by atoms with Gasteiger partial charge < -0.3 is 14.9 Å². The van der Waals surface area contributed by atoms with Crippen LogP contribution < -0.4 is 0 Å². The highest BCUT2D eigenvalue weighted by atomic mass is 16.5. The van der Waals surface area contributed by atoms with Crippen LogP contribution in [0.4, 0.5) is 0 Å². The maximum atomic E-state index is 12.2. The third-order valence-electron chi connectivity index (χ3n) is 3.49. The molecular weight excluding hydrogens is 296 g/mol. The number of phenolic OH excluding ortho intramolecular Hbond substituents is 1. The molecule has 0 spiro atoms. The predicted molar refractivity (Wildman–Crippen MR) is 86.2 cm³/mol. The van der Waals surface area contributed by atoms with Crippen LogP contribution >= 0.6 is 0 Å². The van der Waals surface area contributed by atoms with Crippen LogP contribution in [0.15, 0.2) is 30.4 Å². The minimum Gasteiger partial charge on any atom is -0.507 e. The third kappa shape index (κ3) is 4.79. The standard InChI is InChI=1S/C18H20O5/c1-12-9-13-5-4-7-15(20)11-14(19)6-2-3-8-23-18(22)17(13)16(21)10-12/h2-5,9-10,15,20-21H,6-8,11H2,1H3/t15-/m0/s1. The Bertz CT molecular complexity index is 658. The van der Waals surface area contributed by atoms with E-state index in [4.69, 9.17) is 4.74 Å². The van der Waals surface area contributed by atoms with Crippen LogP contribution in [-0.4, -0.2) is 34.7 Å². The van der Waals surface area contributed by atoms with E-state index in [1.165, 1.54) is 6.07 Å². The number of cyclic esters (lactones) is 1. The van der Waals surface area contributed by atoms with Crippen LogP contribution in [-0.2, 0) is 9.53 Å². The molecule has 0 saturated carbocycles. The molecule has 1 atom stereocenters. The number of aliphatic hydroxyl groups excluding tert-OH is 1. The first kappa shape index (κ1) is 17.0. The molecule has 122 valence electrons. The van der Waals surface area contributed by atoms with Crippen LogP contribution in [0.5, 0.6) is 5.75 Å². The van der Waals surface area contributed by atoms with Gasteiger partial charge in [0.1, 0.15) is 23.7 Å². The zero-order valence-corrected chi connectivity index (χ0v) is 13.0. The van der Waals surface area contributed by atoms with Crippen molar-refractivity contribution in [3.05, 3.63) is 47.1 Å². The Hall–Kier alpha value is -2.40. The fourth-order valence-corrected chi connectivity index (χ4v) is 2.41. The third-order valence-corrected chi connectivity index (χ3v) is 3.49. The lowest BCUT2D eigenvalue weighted by Crippen LogP contribution is -2.12. The van der Waals surface area contributed by atoms with Crippen LogP contribution in [0, 0.1) is 6.92 Å². The van der Waals surface area contributed by atoms with Crippen LogP contribution in [0.2, 0.25) is 0 Å². The SMILES string of the molecule is Cc1cc(O)c2c(c1)C=CC[C@H](O)CC(=O)CC=CCOC2=O. The van der Waals surface area contributed by atoms with E-state index in [1.807, 2.05) is 0 Å². The molecule has 0 aromatic heterocycles. The maximum Gasteiger partial charge on any atom is 0.342 e. The van der Waals surface area contributed by atoms with E-state index in [0.29, 0.717) is 12.0 Å². The zero-order chi connectivity index (χ0) is 16.8. The number of aliphatic hydroxyl groups is 1. The number of Topliss-reactive ketones (excluding diaryl/α,β-unsaturated/α-hetero) is 1. The van der Waals surface area contributed by atoms with Gasteiger partial charge in [0, 0.05) is 12.8 Å². The highest BCUT2D eigenvalue weighted by molar-refractivity contribution is 5.96. The molecule has 1 heterocycles. The number of rotatable bonds is 0. The van der Waals surface area contributed by atoms with Gasteiger partial charge in [0.25, 0.3) is 0 Å². The second-order valence-electron chi connectivity index (χ2n) is 5.56. The molecule has 0 fully saturated rings. The number of aryl methyl sites for hydroxylation is 1. The van der Waals surface area contributed by atoms with Crippen LogP contribution in [0.1, 0.15) is 40.7 Å². The van der Waals surface area contributed by atoms with E-state index in [2.05, 4.69) is 0 Å². The molecule has 0 saturated heterocycles. The fourth-order valence-electron chi connectivity index (χ4n) is 2.41. The molecule has 0 radical (unpaired) electrons. The molecule has 0 unspecified atom stereocenters. The van der Waals surface area contributed by atoms with Crippen LogP contribution in [0.25, 0.3) is 6.08 Å². The number of fused-ring (bicyclic) bond motifs is 1. The molecular formula is C18H20O5. The van der Waals surface area contributed by atoms with Crippen molar-refractivity contribution in [2.24, 2.45) is 0 Å². The number of esters is 1. The second kappa shape index (κ2) is 7.74. The van der Waals surface area contributed by atoms with Crippen molar-refractivity contribution in [3.8, 4) is 5.75 Å². The first-order valence-electron chi connectivity index (χ1n) is 7.49. The Morgan fingerprint density at radius 3 is 2.74 bits per heavy atom. The number of hydrogen-bond donors (Lipinski definition) is 2. The number of carbonyl (C=O) groups excluding carboxylic acids is 2. The number of phenols is 1.